The molecule has 0 radical (unpaired) electrons. The number of anilines is 1. The number of aryl methyl sites for hydroxylation is 1. The van der Waals surface area contributed by atoms with Crippen molar-refractivity contribution in [3.05, 3.63) is 5.01 Å². The lowest BCUT2D eigenvalue weighted by molar-refractivity contribution is 0.500. The first kappa shape index (κ1) is 8.90. The van der Waals surface area contributed by atoms with E-state index in [2.05, 4.69) is 15.1 Å². The Kier molecular flexibility index (Phi) is 2.46. The number of rotatable bonds is 1. The lowest BCUT2D eigenvalue weighted by Crippen LogP contribution is -2.39. The SMILES string of the molecule is Cc1nnc(N2CCC(N)CC2)s1. The maximum atomic E-state index is 5.82. The molecule has 13 heavy (non-hydrogen) atoms. The second kappa shape index (κ2) is 3.59. The first-order valence-corrected chi connectivity index (χ1v) is 5.38. The number of nitrogens with two attached hydrogens (primary N) is 1. The molecular formula is C8H14N4S. The summed E-state index contributed by atoms with van der Waals surface area (Å²) in [5.41, 5.74) is 5.82. The summed E-state index contributed by atoms with van der Waals surface area (Å²) in [5.74, 6) is 0. The number of nitrogens with zero attached hydrogens (tertiary/aromatic N) is 3. The molecule has 1 aliphatic heterocycles. The lowest BCUT2D eigenvalue weighted by Gasteiger charge is -2.29. The molecule has 1 fully saturated rings. The van der Waals surface area contributed by atoms with Crippen LogP contribution in [0.15, 0.2) is 0 Å². The standard InChI is InChI=1S/C8H14N4S/c1-6-10-11-8(13-6)12-4-2-7(9)3-5-12/h7H,2-5,9H2,1H3. The third-order valence-electron chi connectivity index (χ3n) is 2.33. The third-order valence-corrected chi connectivity index (χ3v) is 3.22. The third kappa shape index (κ3) is 1.97. The highest BCUT2D eigenvalue weighted by Gasteiger charge is 2.18. The van der Waals surface area contributed by atoms with Gasteiger partial charge in [-0.05, 0) is 19.8 Å². The molecule has 0 amide bonds. The van der Waals surface area contributed by atoms with Crippen LogP contribution < -0.4 is 10.6 Å². The van der Waals surface area contributed by atoms with E-state index in [0.29, 0.717) is 6.04 Å². The van der Waals surface area contributed by atoms with Crippen molar-refractivity contribution in [2.24, 2.45) is 5.73 Å². The molecule has 0 atom stereocenters. The molecule has 1 saturated heterocycles. The van der Waals surface area contributed by atoms with E-state index < -0.39 is 0 Å². The zero-order valence-electron chi connectivity index (χ0n) is 7.73. The quantitative estimate of drug-likeness (QED) is 0.724. The molecule has 2 N–H and O–H groups in total. The number of hydrogen-bond donors (Lipinski definition) is 1. The van der Waals surface area contributed by atoms with Crippen molar-refractivity contribution < 1.29 is 0 Å². The molecule has 0 unspecified atom stereocenters. The molecule has 0 spiro atoms. The van der Waals surface area contributed by atoms with Crippen LogP contribution >= 0.6 is 11.3 Å². The van der Waals surface area contributed by atoms with Crippen LogP contribution in [0.1, 0.15) is 17.8 Å². The highest BCUT2D eigenvalue weighted by Crippen LogP contribution is 2.22. The first-order chi connectivity index (χ1) is 6.25. The molecule has 0 saturated carbocycles. The summed E-state index contributed by atoms with van der Waals surface area (Å²) in [7, 11) is 0. The molecular weight excluding hydrogens is 184 g/mol. The van der Waals surface area contributed by atoms with Crippen molar-refractivity contribution in [3.8, 4) is 0 Å². The monoisotopic (exact) mass is 198 g/mol. The first-order valence-electron chi connectivity index (χ1n) is 4.56. The average molecular weight is 198 g/mol. The van der Waals surface area contributed by atoms with Gasteiger partial charge in [0.1, 0.15) is 5.01 Å². The highest BCUT2D eigenvalue weighted by atomic mass is 32.1. The molecule has 0 aromatic carbocycles. The summed E-state index contributed by atoms with van der Waals surface area (Å²) in [4.78, 5) is 2.27. The Balaban J connectivity index is 2.02. The van der Waals surface area contributed by atoms with Gasteiger partial charge in [0.15, 0.2) is 0 Å². The van der Waals surface area contributed by atoms with Crippen molar-refractivity contribution in [2.45, 2.75) is 25.8 Å². The van der Waals surface area contributed by atoms with Crippen LogP contribution in [0.4, 0.5) is 5.13 Å². The molecule has 1 aliphatic rings. The lowest BCUT2D eigenvalue weighted by atomic mass is 10.1. The topological polar surface area (TPSA) is 55.0 Å². The van der Waals surface area contributed by atoms with Gasteiger partial charge in [0, 0.05) is 19.1 Å². The van der Waals surface area contributed by atoms with Gasteiger partial charge in [-0.3, -0.25) is 0 Å². The molecule has 72 valence electrons. The van der Waals surface area contributed by atoms with Crippen molar-refractivity contribution in [3.63, 3.8) is 0 Å². The van der Waals surface area contributed by atoms with Crippen LogP contribution in [0, 0.1) is 6.92 Å². The van der Waals surface area contributed by atoms with E-state index >= 15 is 0 Å². The van der Waals surface area contributed by atoms with Gasteiger partial charge in [0.05, 0.1) is 0 Å². The zero-order chi connectivity index (χ0) is 9.26. The van der Waals surface area contributed by atoms with Crippen molar-refractivity contribution >= 4 is 16.5 Å². The molecule has 5 heteroatoms. The summed E-state index contributed by atoms with van der Waals surface area (Å²) >= 11 is 1.66. The predicted molar refractivity (Wildman–Crippen MR) is 54.1 cm³/mol. The maximum Gasteiger partial charge on any atom is 0.208 e. The van der Waals surface area contributed by atoms with Gasteiger partial charge in [-0.25, -0.2) is 0 Å². The number of aromatic nitrogens is 2. The number of hydrogen-bond acceptors (Lipinski definition) is 5. The van der Waals surface area contributed by atoms with Gasteiger partial charge in [-0.15, -0.1) is 10.2 Å². The Morgan fingerprint density at radius 3 is 2.62 bits per heavy atom. The largest absolute Gasteiger partial charge is 0.347 e. The maximum absolute atomic E-state index is 5.82. The summed E-state index contributed by atoms with van der Waals surface area (Å²) < 4.78 is 0. The zero-order valence-corrected chi connectivity index (χ0v) is 8.55. The van der Waals surface area contributed by atoms with Crippen molar-refractivity contribution in [1.29, 1.82) is 0 Å². The molecule has 1 aromatic heterocycles. The van der Waals surface area contributed by atoms with Gasteiger partial charge in [0.2, 0.25) is 5.13 Å². The van der Waals surface area contributed by atoms with E-state index in [9.17, 15) is 0 Å². The van der Waals surface area contributed by atoms with E-state index in [4.69, 9.17) is 5.73 Å². The Morgan fingerprint density at radius 2 is 2.08 bits per heavy atom. The van der Waals surface area contributed by atoms with Crippen LogP contribution in [-0.4, -0.2) is 29.3 Å². The van der Waals surface area contributed by atoms with E-state index in [1.807, 2.05) is 6.92 Å². The fourth-order valence-corrected chi connectivity index (χ4v) is 2.24. The summed E-state index contributed by atoms with van der Waals surface area (Å²) in [6.45, 7) is 4.03. The molecule has 0 bridgehead atoms. The van der Waals surface area contributed by atoms with Crippen molar-refractivity contribution in [1.82, 2.24) is 10.2 Å². The Labute approximate surface area is 81.8 Å². The van der Waals surface area contributed by atoms with Crippen LogP contribution in [0.5, 0.6) is 0 Å². The van der Waals surface area contributed by atoms with Gasteiger partial charge in [0.25, 0.3) is 0 Å². The molecule has 2 rings (SSSR count). The minimum absolute atomic E-state index is 0.380. The normalized spacial score (nSPS) is 19.4. The van der Waals surface area contributed by atoms with Crippen molar-refractivity contribution in [2.75, 3.05) is 18.0 Å². The number of piperidine rings is 1. The summed E-state index contributed by atoms with van der Waals surface area (Å²) in [5, 5.41) is 10.2. The molecule has 1 aromatic rings. The molecule has 2 heterocycles. The van der Waals surface area contributed by atoms with Gasteiger partial charge in [-0.1, -0.05) is 11.3 Å². The predicted octanol–water partition coefficient (Wildman–Crippen LogP) is 0.774. The van der Waals surface area contributed by atoms with Crippen LogP contribution in [0.3, 0.4) is 0 Å². The fraction of sp³-hybridized carbons (Fsp3) is 0.750. The summed E-state index contributed by atoms with van der Waals surface area (Å²) in [6, 6.07) is 0.380. The van der Waals surface area contributed by atoms with Gasteiger partial charge < -0.3 is 10.6 Å². The van der Waals surface area contributed by atoms with Gasteiger partial charge in [-0.2, -0.15) is 0 Å². The molecule has 4 nitrogen and oxygen atoms in total. The van der Waals surface area contributed by atoms with Crippen LogP contribution in [0.2, 0.25) is 0 Å². The minimum atomic E-state index is 0.380. The Bertz CT molecular complexity index is 277. The van der Waals surface area contributed by atoms with E-state index in [1.54, 1.807) is 11.3 Å². The molecule has 0 aliphatic carbocycles. The van der Waals surface area contributed by atoms with E-state index in [0.717, 1.165) is 36.1 Å². The second-order valence-corrected chi connectivity index (χ2v) is 4.59. The van der Waals surface area contributed by atoms with Crippen LogP contribution in [0.25, 0.3) is 0 Å². The average Bonchev–Trinajstić information content (AvgIpc) is 2.53. The Morgan fingerprint density at radius 1 is 1.38 bits per heavy atom. The Hall–Kier alpha value is -0.680. The van der Waals surface area contributed by atoms with Gasteiger partial charge >= 0.3 is 0 Å². The summed E-state index contributed by atoms with van der Waals surface area (Å²) in [6.07, 6.45) is 2.14. The smallest absolute Gasteiger partial charge is 0.208 e. The van der Waals surface area contributed by atoms with E-state index in [-0.39, 0.29) is 0 Å². The second-order valence-electron chi connectivity index (χ2n) is 3.43. The van der Waals surface area contributed by atoms with E-state index in [1.165, 1.54) is 0 Å². The fourth-order valence-electron chi connectivity index (χ4n) is 1.50. The highest BCUT2D eigenvalue weighted by molar-refractivity contribution is 7.15. The van der Waals surface area contributed by atoms with Crippen LogP contribution in [-0.2, 0) is 0 Å². The minimum Gasteiger partial charge on any atom is -0.347 e.